The lowest BCUT2D eigenvalue weighted by molar-refractivity contribution is 0.0954. The highest BCUT2D eigenvalue weighted by Crippen LogP contribution is 2.41. The maximum absolute atomic E-state index is 13.3. The summed E-state index contributed by atoms with van der Waals surface area (Å²) in [6.07, 6.45) is 7.53. The predicted molar refractivity (Wildman–Crippen MR) is 127 cm³/mol. The highest BCUT2D eigenvalue weighted by Gasteiger charge is 2.34. The number of carbonyl (C=O) groups excluding carboxylic acids is 1. The van der Waals surface area contributed by atoms with Crippen molar-refractivity contribution in [1.29, 1.82) is 0 Å². The summed E-state index contributed by atoms with van der Waals surface area (Å²) in [5.41, 5.74) is 5.37. The van der Waals surface area contributed by atoms with E-state index in [4.69, 9.17) is 5.84 Å². The van der Waals surface area contributed by atoms with Gasteiger partial charge < -0.3 is 10.3 Å². The number of aromatic amines is 1. The van der Waals surface area contributed by atoms with E-state index in [0.29, 0.717) is 12.3 Å². The Labute approximate surface area is 182 Å². The molecular weight excluding hydrogens is 392 g/mol. The number of thioether (sulfide) groups is 1. The lowest BCUT2D eigenvalue weighted by atomic mass is 9.87. The van der Waals surface area contributed by atoms with Crippen LogP contribution in [-0.4, -0.2) is 27.8 Å². The molecule has 30 heavy (non-hydrogen) atoms. The molecule has 0 spiro atoms. The second-order valence-electron chi connectivity index (χ2n) is 8.93. The van der Waals surface area contributed by atoms with Crippen molar-refractivity contribution in [3.8, 4) is 0 Å². The maximum Gasteiger partial charge on any atom is 0.167 e. The van der Waals surface area contributed by atoms with E-state index < -0.39 is 0 Å². The van der Waals surface area contributed by atoms with Gasteiger partial charge in [0.2, 0.25) is 0 Å². The molecule has 0 saturated carbocycles. The molecule has 2 aromatic rings. The van der Waals surface area contributed by atoms with E-state index in [1.807, 2.05) is 54.4 Å². The van der Waals surface area contributed by atoms with E-state index in [2.05, 4.69) is 37.1 Å². The molecule has 1 aromatic heterocycles. The Hall–Kier alpha value is -2.44. The van der Waals surface area contributed by atoms with Crippen molar-refractivity contribution in [2.45, 2.75) is 38.4 Å². The standard InChI is InChI=1S/C24H30N4OS/c1-24(2,3)30-15-16-13-19-21(20(29)14-16)23(28(25)18-7-5-4-6-8-18)22(27-19)17-9-11-26-12-10-17/h4-11,16,26-27H,12-15,25H2,1-3H3. The van der Waals surface area contributed by atoms with Gasteiger partial charge in [-0.2, -0.15) is 11.8 Å². The largest absolute Gasteiger partial charge is 0.387 e. The molecule has 1 unspecified atom stereocenters. The number of nitrogens with two attached hydrogens (primary N) is 1. The maximum atomic E-state index is 13.3. The number of nitrogens with zero attached hydrogens (tertiary/aromatic N) is 1. The first-order chi connectivity index (χ1) is 14.3. The van der Waals surface area contributed by atoms with Crippen molar-refractivity contribution in [2.75, 3.05) is 17.3 Å². The Morgan fingerprint density at radius 1 is 1.20 bits per heavy atom. The van der Waals surface area contributed by atoms with Crippen LogP contribution in [0.3, 0.4) is 0 Å². The number of hydrogen-bond acceptors (Lipinski definition) is 5. The van der Waals surface area contributed by atoms with E-state index >= 15 is 0 Å². The van der Waals surface area contributed by atoms with Crippen molar-refractivity contribution in [2.24, 2.45) is 11.8 Å². The van der Waals surface area contributed by atoms with Crippen molar-refractivity contribution in [3.05, 3.63) is 65.6 Å². The summed E-state index contributed by atoms with van der Waals surface area (Å²) in [4.78, 5) is 16.9. The molecule has 1 aromatic carbocycles. The molecule has 0 fully saturated rings. The average molecular weight is 423 g/mol. The van der Waals surface area contributed by atoms with Crippen LogP contribution in [-0.2, 0) is 6.42 Å². The summed E-state index contributed by atoms with van der Waals surface area (Å²) in [5, 5.41) is 4.84. The zero-order chi connectivity index (χ0) is 21.3. The molecule has 5 nitrogen and oxygen atoms in total. The number of fused-ring (bicyclic) bond motifs is 1. The van der Waals surface area contributed by atoms with Crippen LogP contribution in [0.1, 0.15) is 48.9 Å². The first-order valence-electron chi connectivity index (χ1n) is 10.5. The Bertz CT molecular complexity index is 985. The SMILES string of the molecule is CC(C)(C)SCC1CC(=O)c2c([nH]c(C3=CCNC=C3)c2N(N)c2ccccc2)C1. The highest BCUT2D eigenvalue weighted by atomic mass is 32.2. The average Bonchev–Trinajstić information content (AvgIpc) is 3.12. The predicted octanol–water partition coefficient (Wildman–Crippen LogP) is 4.80. The Kier molecular flexibility index (Phi) is 5.80. The Morgan fingerprint density at radius 2 is 1.97 bits per heavy atom. The van der Waals surface area contributed by atoms with Gasteiger partial charge in [-0.3, -0.25) is 9.80 Å². The number of rotatable bonds is 5. The molecule has 6 heteroatoms. The number of hydrogen-bond donors (Lipinski definition) is 3. The molecule has 2 heterocycles. The van der Waals surface area contributed by atoms with Gasteiger partial charge in [0.05, 0.1) is 22.6 Å². The second kappa shape index (κ2) is 8.36. The normalized spacial score (nSPS) is 18.6. The van der Waals surface area contributed by atoms with Crippen LogP contribution >= 0.6 is 11.8 Å². The number of dihydropyridines is 1. The van der Waals surface area contributed by atoms with E-state index in [1.165, 1.54) is 0 Å². The molecule has 0 amide bonds. The molecule has 4 N–H and O–H groups in total. The number of para-hydroxylation sites is 1. The van der Waals surface area contributed by atoms with Crippen molar-refractivity contribution < 1.29 is 4.79 Å². The van der Waals surface area contributed by atoms with Crippen LogP contribution < -0.4 is 16.2 Å². The fourth-order valence-corrected chi connectivity index (χ4v) is 4.98. The third-order valence-electron chi connectivity index (χ3n) is 5.43. The summed E-state index contributed by atoms with van der Waals surface area (Å²) in [6, 6.07) is 9.81. The van der Waals surface area contributed by atoms with E-state index in [0.717, 1.165) is 52.6 Å². The third kappa shape index (κ3) is 4.35. The van der Waals surface area contributed by atoms with Crippen LogP contribution in [0.5, 0.6) is 0 Å². The lowest BCUT2D eigenvalue weighted by Gasteiger charge is -2.27. The minimum Gasteiger partial charge on any atom is -0.387 e. The number of anilines is 2. The minimum absolute atomic E-state index is 0.179. The number of carbonyl (C=O) groups is 1. The smallest absolute Gasteiger partial charge is 0.167 e. The minimum atomic E-state index is 0.179. The zero-order valence-electron chi connectivity index (χ0n) is 17.9. The van der Waals surface area contributed by atoms with Gasteiger partial charge in [-0.15, -0.1) is 0 Å². The Balaban J connectivity index is 1.74. The van der Waals surface area contributed by atoms with Gasteiger partial charge in [0.1, 0.15) is 0 Å². The Morgan fingerprint density at radius 3 is 2.63 bits per heavy atom. The molecule has 1 aliphatic heterocycles. The number of H-pyrrole nitrogens is 1. The number of aromatic nitrogens is 1. The number of benzene rings is 1. The number of hydrazine groups is 1. The topological polar surface area (TPSA) is 74.2 Å². The molecule has 2 aliphatic rings. The fraction of sp³-hybridized carbons (Fsp3) is 0.375. The van der Waals surface area contributed by atoms with Gasteiger partial charge in [-0.1, -0.05) is 45.0 Å². The first kappa shape index (κ1) is 20.8. The van der Waals surface area contributed by atoms with Gasteiger partial charge >= 0.3 is 0 Å². The van der Waals surface area contributed by atoms with Gasteiger partial charge in [0.25, 0.3) is 0 Å². The highest BCUT2D eigenvalue weighted by molar-refractivity contribution is 8.00. The molecule has 0 saturated heterocycles. The molecular formula is C24H30N4OS. The molecule has 0 bridgehead atoms. The number of nitrogens with one attached hydrogen (secondary N) is 2. The third-order valence-corrected chi connectivity index (χ3v) is 6.94. The molecule has 1 atom stereocenters. The van der Waals surface area contributed by atoms with E-state index in [-0.39, 0.29) is 10.5 Å². The molecule has 4 rings (SSSR count). The van der Waals surface area contributed by atoms with E-state index in [9.17, 15) is 4.79 Å². The van der Waals surface area contributed by atoms with Crippen molar-refractivity contribution >= 4 is 34.5 Å². The lowest BCUT2D eigenvalue weighted by Crippen LogP contribution is -2.29. The summed E-state index contributed by atoms with van der Waals surface area (Å²) >= 11 is 1.93. The van der Waals surface area contributed by atoms with Gasteiger partial charge in [-0.25, -0.2) is 5.84 Å². The monoisotopic (exact) mass is 422 g/mol. The summed E-state index contributed by atoms with van der Waals surface area (Å²) in [7, 11) is 0. The van der Waals surface area contributed by atoms with Crippen LogP contribution in [0, 0.1) is 5.92 Å². The van der Waals surface area contributed by atoms with Gasteiger partial charge in [0.15, 0.2) is 5.78 Å². The quantitative estimate of drug-likeness (QED) is 0.477. The summed E-state index contributed by atoms with van der Waals surface area (Å²) < 4.78 is 0.196. The first-order valence-corrected chi connectivity index (χ1v) is 11.4. The van der Waals surface area contributed by atoms with Crippen LogP contribution in [0.4, 0.5) is 11.4 Å². The van der Waals surface area contributed by atoms with Gasteiger partial charge in [0, 0.05) is 23.4 Å². The zero-order valence-corrected chi connectivity index (χ0v) is 18.7. The summed E-state index contributed by atoms with van der Waals surface area (Å²) in [6.45, 7) is 7.42. The fourth-order valence-electron chi connectivity index (χ4n) is 4.01. The number of allylic oxidation sites excluding steroid dienone is 2. The van der Waals surface area contributed by atoms with Crippen LogP contribution in [0.25, 0.3) is 5.57 Å². The van der Waals surface area contributed by atoms with Crippen LogP contribution in [0.15, 0.2) is 48.7 Å². The number of ketones is 1. The molecule has 0 radical (unpaired) electrons. The van der Waals surface area contributed by atoms with Gasteiger partial charge in [-0.05, 0) is 48.1 Å². The second-order valence-corrected chi connectivity index (χ2v) is 10.8. The summed E-state index contributed by atoms with van der Waals surface area (Å²) in [5.74, 6) is 8.10. The number of Topliss-reactive ketones (excluding diaryl/α,β-unsaturated/α-hetero) is 1. The van der Waals surface area contributed by atoms with E-state index in [1.54, 1.807) is 5.01 Å². The van der Waals surface area contributed by atoms with Crippen molar-refractivity contribution in [3.63, 3.8) is 0 Å². The molecule has 158 valence electrons. The molecule has 1 aliphatic carbocycles. The van der Waals surface area contributed by atoms with Crippen LogP contribution in [0.2, 0.25) is 0 Å². The van der Waals surface area contributed by atoms with Crippen molar-refractivity contribution in [1.82, 2.24) is 10.3 Å².